The van der Waals surface area contributed by atoms with E-state index in [0.717, 1.165) is 15.1 Å². The van der Waals surface area contributed by atoms with E-state index >= 15 is 8.78 Å². The van der Waals surface area contributed by atoms with E-state index in [1.807, 2.05) is 13.0 Å². The van der Waals surface area contributed by atoms with Crippen molar-refractivity contribution in [3.63, 3.8) is 0 Å². The van der Waals surface area contributed by atoms with E-state index in [2.05, 4.69) is 24.7 Å². The Morgan fingerprint density at radius 2 is 1.93 bits per heavy atom. The fourth-order valence-corrected chi connectivity index (χ4v) is 3.72. The van der Waals surface area contributed by atoms with E-state index in [1.165, 1.54) is 23.7 Å². The van der Waals surface area contributed by atoms with Gasteiger partial charge in [-0.25, -0.2) is 0 Å². The topological polar surface area (TPSA) is 68.9 Å². The van der Waals surface area contributed by atoms with E-state index in [-0.39, 0.29) is 11.2 Å². The minimum absolute atomic E-state index is 0.192. The highest BCUT2D eigenvalue weighted by Gasteiger charge is 2.40. The first-order chi connectivity index (χ1) is 13.5. The molecule has 0 bridgehead atoms. The molecule has 6 nitrogen and oxygen atoms in total. The van der Waals surface area contributed by atoms with Crippen molar-refractivity contribution < 1.29 is 8.78 Å². The molecular weight excluding hydrogens is 382 g/mol. The van der Waals surface area contributed by atoms with Crippen LogP contribution in [0.3, 0.4) is 0 Å². The van der Waals surface area contributed by atoms with Gasteiger partial charge in [0.1, 0.15) is 5.69 Å². The summed E-state index contributed by atoms with van der Waals surface area (Å²) in [6.45, 7) is 1.87. The second-order valence-electron chi connectivity index (χ2n) is 6.33. The summed E-state index contributed by atoms with van der Waals surface area (Å²) in [7, 11) is 0. The monoisotopic (exact) mass is 394 g/mol. The zero-order valence-corrected chi connectivity index (χ0v) is 15.4. The van der Waals surface area contributed by atoms with Gasteiger partial charge in [-0.15, -0.1) is 10.2 Å². The van der Waals surface area contributed by atoms with Gasteiger partial charge in [0.2, 0.25) is 5.82 Å². The van der Waals surface area contributed by atoms with Crippen molar-refractivity contribution in [1.82, 2.24) is 29.2 Å². The molecule has 0 atom stereocenters. The predicted molar refractivity (Wildman–Crippen MR) is 101 cm³/mol. The molecule has 0 amide bonds. The second kappa shape index (κ2) is 6.10. The van der Waals surface area contributed by atoms with Crippen LogP contribution in [0.15, 0.2) is 54.7 Å². The van der Waals surface area contributed by atoms with Crippen LogP contribution in [0, 0.1) is 6.92 Å². The van der Waals surface area contributed by atoms with Crippen molar-refractivity contribution in [1.29, 1.82) is 0 Å². The highest BCUT2D eigenvalue weighted by Crippen LogP contribution is 2.36. The minimum atomic E-state index is -3.38. The molecule has 0 saturated carbocycles. The lowest BCUT2D eigenvalue weighted by Gasteiger charge is -2.15. The molecule has 0 aliphatic rings. The Morgan fingerprint density at radius 1 is 1.04 bits per heavy atom. The number of aromatic nitrogens is 6. The van der Waals surface area contributed by atoms with Crippen LogP contribution in [0.4, 0.5) is 8.78 Å². The van der Waals surface area contributed by atoms with Crippen molar-refractivity contribution >= 4 is 28.1 Å². The van der Waals surface area contributed by atoms with Gasteiger partial charge in [-0.1, -0.05) is 12.1 Å². The van der Waals surface area contributed by atoms with Crippen LogP contribution in [0.1, 0.15) is 17.1 Å². The van der Waals surface area contributed by atoms with Crippen LogP contribution in [-0.4, -0.2) is 29.2 Å². The Kier molecular flexibility index (Phi) is 3.66. The van der Waals surface area contributed by atoms with Gasteiger partial charge in [0.05, 0.1) is 16.1 Å². The van der Waals surface area contributed by atoms with E-state index in [1.54, 1.807) is 36.5 Å². The summed E-state index contributed by atoms with van der Waals surface area (Å²) >= 11 is 1.26. The molecule has 4 aromatic heterocycles. The Labute approximate surface area is 161 Å². The number of fused-ring (bicyclic) bond motifs is 2. The first-order valence-electron chi connectivity index (χ1n) is 8.42. The zero-order chi connectivity index (χ0) is 19.3. The third-order valence-electron chi connectivity index (χ3n) is 4.39. The van der Waals surface area contributed by atoms with Gasteiger partial charge in [0, 0.05) is 17.1 Å². The summed E-state index contributed by atoms with van der Waals surface area (Å²) in [5, 5.41) is 12.6. The molecule has 0 aliphatic heterocycles. The maximum Gasteiger partial charge on any atom is 0.333 e. The molecule has 1 aromatic carbocycles. The lowest BCUT2D eigenvalue weighted by molar-refractivity contribution is 0.0307. The van der Waals surface area contributed by atoms with Gasteiger partial charge in [0.25, 0.3) is 0 Å². The number of hydrogen-bond acceptors (Lipinski definition) is 6. The van der Waals surface area contributed by atoms with Crippen LogP contribution < -0.4 is 0 Å². The number of aryl methyl sites for hydroxylation is 1. The first kappa shape index (κ1) is 16.8. The van der Waals surface area contributed by atoms with E-state index in [9.17, 15) is 0 Å². The van der Waals surface area contributed by atoms with Gasteiger partial charge in [0.15, 0.2) is 5.65 Å². The predicted octanol–water partition coefficient (Wildman–Crippen LogP) is 4.24. The maximum absolute atomic E-state index is 15.3. The molecule has 0 radical (unpaired) electrons. The standard InChI is InChI=1S/C19H12F2N6S/c1-11-9-16(28-26-11)15-6-7-17-23-24-18(27(17)25-15)19(20,21)13-4-5-14-12(10-13)3-2-8-22-14/h2-10H,1H3. The summed E-state index contributed by atoms with van der Waals surface area (Å²) in [5.74, 6) is -3.91. The molecule has 0 spiro atoms. The SMILES string of the molecule is Cc1cc(-c2ccc3nnc(C(F)(F)c4ccc5ncccc5c4)n3n2)sn1. The lowest BCUT2D eigenvalue weighted by atomic mass is 10.0. The van der Waals surface area contributed by atoms with Crippen LogP contribution in [0.25, 0.3) is 27.1 Å². The van der Waals surface area contributed by atoms with Gasteiger partial charge in [-0.05, 0) is 54.9 Å². The summed E-state index contributed by atoms with van der Waals surface area (Å²) in [5.41, 5.74) is 2.10. The van der Waals surface area contributed by atoms with Crippen molar-refractivity contribution in [2.75, 3.05) is 0 Å². The van der Waals surface area contributed by atoms with Crippen LogP contribution in [0.2, 0.25) is 0 Å². The molecular formula is C19H12F2N6S. The van der Waals surface area contributed by atoms with E-state index in [0.29, 0.717) is 16.6 Å². The Hall–Kier alpha value is -3.33. The third-order valence-corrected chi connectivity index (χ3v) is 5.29. The number of hydrogen-bond donors (Lipinski definition) is 0. The quantitative estimate of drug-likeness (QED) is 0.458. The maximum atomic E-state index is 15.3. The molecule has 4 heterocycles. The Bertz CT molecular complexity index is 1330. The number of rotatable bonds is 3. The molecule has 138 valence electrons. The first-order valence-corrected chi connectivity index (χ1v) is 9.19. The molecule has 0 fully saturated rings. The van der Waals surface area contributed by atoms with Crippen molar-refractivity contribution in [3.05, 3.63) is 71.8 Å². The van der Waals surface area contributed by atoms with Crippen LogP contribution in [-0.2, 0) is 5.92 Å². The molecule has 28 heavy (non-hydrogen) atoms. The highest BCUT2D eigenvalue weighted by molar-refractivity contribution is 7.09. The average molecular weight is 394 g/mol. The summed E-state index contributed by atoms with van der Waals surface area (Å²) < 4.78 is 36.0. The third kappa shape index (κ3) is 2.63. The van der Waals surface area contributed by atoms with Crippen LogP contribution >= 0.6 is 11.5 Å². The molecule has 0 unspecified atom stereocenters. The zero-order valence-electron chi connectivity index (χ0n) is 14.5. The van der Waals surface area contributed by atoms with E-state index in [4.69, 9.17) is 0 Å². The number of benzene rings is 1. The van der Waals surface area contributed by atoms with Crippen molar-refractivity contribution in [2.24, 2.45) is 0 Å². The molecule has 0 N–H and O–H groups in total. The summed E-state index contributed by atoms with van der Waals surface area (Å²) in [6, 6.07) is 13.0. The van der Waals surface area contributed by atoms with Gasteiger partial charge in [-0.2, -0.15) is 22.8 Å². The summed E-state index contributed by atoms with van der Waals surface area (Å²) in [4.78, 5) is 4.96. The number of halogens is 2. The lowest BCUT2D eigenvalue weighted by Crippen LogP contribution is -2.20. The molecule has 5 aromatic rings. The summed E-state index contributed by atoms with van der Waals surface area (Å²) in [6.07, 6.45) is 1.62. The fraction of sp³-hybridized carbons (Fsp3) is 0.105. The molecule has 5 rings (SSSR count). The minimum Gasteiger partial charge on any atom is -0.256 e. The normalized spacial score (nSPS) is 12.1. The molecule has 0 aliphatic carbocycles. The van der Waals surface area contributed by atoms with Crippen LogP contribution in [0.5, 0.6) is 0 Å². The Balaban J connectivity index is 1.65. The van der Waals surface area contributed by atoms with Crippen molar-refractivity contribution in [3.8, 4) is 10.6 Å². The smallest absolute Gasteiger partial charge is 0.256 e. The average Bonchev–Trinajstić information content (AvgIpc) is 3.33. The second-order valence-corrected chi connectivity index (χ2v) is 7.13. The molecule has 0 saturated heterocycles. The molecule has 9 heteroatoms. The van der Waals surface area contributed by atoms with Gasteiger partial charge in [-0.3, -0.25) is 4.98 Å². The van der Waals surface area contributed by atoms with Gasteiger partial charge < -0.3 is 0 Å². The largest absolute Gasteiger partial charge is 0.333 e. The highest BCUT2D eigenvalue weighted by atomic mass is 32.1. The Morgan fingerprint density at radius 3 is 2.75 bits per heavy atom. The fourth-order valence-electron chi connectivity index (χ4n) is 3.00. The number of nitrogens with zero attached hydrogens (tertiary/aromatic N) is 6. The van der Waals surface area contributed by atoms with Crippen molar-refractivity contribution in [2.45, 2.75) is 12.8 Å². The van der Waals surface area contributed by atoms with Gasteiger partial charge >= 0.3 is 5.92 Å². The number of alkyl halides is 2. The van der Waals surface area contributed by atoms with E-state index < -0.39 is 11.7 Å². The number of pyridine rings is 1.